The quantitative estimate of drug-likeness (QED) is 0.359. The van der Waals surface area contributed by atoms with E-state index in [0.29, 0.717) is 41.3 Å². The number of pyridine rings is 1. The highest BCUT2D eigenvalue weighted by Gasteiger charge is 2.31. The summed E-state index contributed by atoms with van der Waals surface area (Å²) in [6.07, 6.45) is 1.56. The van der Waals surface area contributed by atoms with Crippen LogP contribution in [0, 0.1) is 0 Å². The van der Waals surface area contributed by atoms with Crippen LogP contribution in [0.3, 0.4) is 0 Å². The number of hydrogen-bond donors (Lipinski definition) is 1. The first-order valence-corrected chi connectivity index (χ1v) is 12.8. The summed E-state index contributed by atoms with van der Waals surface area (Å²) in [5.74, 6) is 1.71. The van der Waals surface area contributed by atoms with Gasteiger partial charge in [0.25, 0.3) is 5.91 Å². The predicted molar refractivity (Wildman–Crippen MR) is 149 cm³/mol. The van der Waals surface area contributed by atoms with Gasteiger partial charge in [-0.05, 0) is 63.5 Å². The van der Waals surface area contributed by atoms with E-state index in [-0.39, 0.29) is 18.1 Å². The topological polar surface area (TPSA) is 84.8 Å². The molecule has 2 aromatic heterocycles. The van der Waals surface area contributed by atoms with Crippen LogP contribution in [0.25, 0.3) is 11.0 Å². The van der Waals surface area contributed by atoms with Gasteiger partial charge < -0.3 is 29.2 Å². The second kappa shape index (κ2) is 11.0. The monoisotopic (exact) mass is 534 g/mol. The fraction of sp³-hybridized carbons (Fsp3) is 0.321. The number of aromatic nitrogens is 3. The van der Waals surface area contributed by atoms with Crippen LogP contribution in [0.2, 0.25) is 5.02 Å². The van der Waals surface area contributed by atoms with Crippen LogP contribution in [-0.4, -0.2) is 76.2 Å². The van der Waals surface area contributed by atoms with Crippen molar-refractivity contribution in [1.29, 1.82) is 0 Å². The number of likely N-dealkylation sites (N-methyl/N-ethyl adjacent to an activating group) is 1. The van der Waals surface area contributed by atoms with Gasteiger partial charge in [0.15, 0.2) is 0 Å². The number of rotatable bonds is 7. The first-order valence-electron chi connectivity index (χ1n) is 12.5. The number of anilines is 2. The van der Waals surface area contributed by atoms with Crippen LogP contribution in [0.15, 0.2) is 60.8 Å². The van der Waals surface area contributed by atoms with Crippen molar-refractivity contribution in [3.05, 3.63) is 71.5 Å². The largest absolute Gasteiger partial charge is 0.457 e. The lowest BCUT2D eigenvalue weighted by Crippen LogP contribution is -2.53. The third kappa shape index (κ3) is 5.75. The number of carbonyl (C=O) groups is 1. The van der Waals surface area contributed by atoms with E-state index >= 15 is 0 Å². The summed E-state index contributed by atoms with van der Waals surface area (Å²) in [6.45, 7) is 3.76. The Balaban J connectivity index is 1.32. The molecule has 1 aliphatic rings. The van der Waals surface area contributed by atoms with Crippen LogP contribution in [0.5, 0.6) is 11.5 Å². The minimum absolute atomic E-state index is 0.0328. The van der Waals surface area contributed by atoms with Gasteiger partial charge in [0.2, 0.25) is 5.95 Å². The number of hydrogen-bond acceptors (Lipinski definition) is 7. The summed E-state index contributed by atoms with van der Waals surface area (Å²) in [5, 5.41) is 3.99. The number of nitrogens with one attached hydrogen (secondary N) is 1. The van der Waals surface area contributed by atoms with E-state index in [0.717, 1.165) is 23.3 Å². The van der Waals surface area contributed by atoms with E-state index < -0.39 is 0 Å². The van der Waals surface area contributed by atoms with E-state index in [2.05, 4.69) is 15.2 Å². The minimum atomic E-state index is -0.131. The molecule has 1 N–H and O–H groups in total. The van der Waals surface area contributed by atoms with Gasteiger partial charge in [0, 0.05) is 49.2 Å². The lowest BCUT2D eigenvalue weighted by Gasteiger charge is -2.38. The van der Waals surface area contributed by atoms with Crippen LogP contribution < -0.4 is 10.1 Å². The highest BCUT2D eigenvalue weighted by atomic mass is 35.5. The highest BCUT2D eigenvalue weighted by Crippen LogP contribution is 2.29. The third-order valence-electron chi connectivity index (χ3n) is 6.47. The predicted octanol–water partition coefficient (Wildman–Crippen LogP) is 4.95. The zero-order valence-electron chi connectivity index (χ0n) is 21.9. The van der Waals surface area contributed by atoms with E-state index in [1.807, 2.05) is 80.0 Å². The van der Waals surface area contributed by atoms with Gasteiger partial charge in [-0.3, -0.25) is 9.78 Å². The Morgan fingerprint density at radius 1 is 1.16 bits per heavy atom. The lowest BCUT2D eigenvalue weighted by molar-refractivity contribution is -0.0548. The Kier molecular flexibility index (Phi) is 7.51. The van der Waals surface area contributed by atoms with Crippen molar-refractivity contribution in [3.63, 3.8) is 0 Å². The Labute approximate surface area is 226 Å². The number of aryl methyl sites for hydroxylation is 1. The molecule has 9 nitrogen and oxygen atoms in total. The van der Waals surface area contributed by atoms with E-state index in [1.54, 1.807) is 18.3 Å². The number of ether oxygens (including phenoxy) is 2. The van der Waals surface area contributed by atoms with Crippen molar-refractivity contribution in [2.24, 2.45) is 7.05 Å². The van der Waals surface area contributed by atoms with Crippen molar-refractivity contribution in [1.82, 2.24) is 24.3 Å². The van der Waals surface area contributed by atoms with Gasteiger partial charge in [-0.1, -0.05) is 11.6 Å². The molecule has 0 aliphatic carbocycles. The molecular formula is C28H31ClN6O3. The molecule has 0 radical (unpaired) electrons. The molecule has 0 saturated carbocycles. The van der Waals surface area contributed by atoms with Crippen molar-refractivity contribution < 1.29 is 14.3 Å². The molecule has 1 aliphatic heterocycles. The number of nitrogens with zero attached hydrogens (tertiary/aromatic N) is 5. The SMILES string of the molecule is C[C@H]1CO[C@H](CN(C)C)CN1C(=O)c1cc(Oc2ccc3c(c2)nc(Nc2ccc(Cl)cc2)n3C)ccn1. The molecule has 2 aromatic carbocycles. The molecule has 198 valence electrons. The highest BCUT2D eigenvalue weighted by molar-refractivity contribution is 6.30. The van der Waals surface area contributed by atoms with Gasteiger partial charge in [-0.15, -0.1) is 0 Å². The molecule has 1 fully saturated rings. The maximum atomic E-state index is 13.3. The number of morpholine rings is 1. The fourth-order valence-corrected chi connectivity index (χ4v) is 4.64. The standard InChI is InChI=1S/C28H31ClN6O3/c1-18-17-37-23(15-33(2)3)16-35(18)27(36)25-14-22(11-12-30-25)38-21-9-10-26-24(13-21)32-28(34(26)4)31-20-7-5-19(29)6-8-20/h5-14,18,23H,15-17H2,1-4H3,(H,31,32)/t18-,23+/m0/s1. The summed E-state index contributed by atoms with van der Waals surface area (Å²) in [7, 11) is 5.94. The zero-order chi connectivity index (χ0) is 26.8. The fourth-order valence-electron chi connectivity index (χ4n) is 4.51. The third-order valence-corrected chi connectivity index (χ3v) is 6.73. The van der Waals surface area contributed by atoms with Crippen molar-refractivity contribution >= 4 is 40.2 Å². The molecule has 10 heteroatoms. The number of fused-ring (bicyclic) bond motifs is 1. The van der Waals surface area contributed by atoms with Gasteiger partial charge in [-0.25, -0.2) is 4.98 Å². The Bertz CT molecular complexity index is 1440. The summed E-state index contributed by atoms with van der Waals surface area (Å²) >= 11 is 5.99. The maximum absolute atomic E-state index is 13.3. The number of amides is 1. The molecular weight excluding hydrogens is 504 g/mol. The number of halogens is 1. The molecule has 1 saturated heterocycles. The molecule has 3 heterocycles. The molecule has 0 unspecified atom stereocenters. The first-order chi connectivity index (χ1) is 18.3. The Hall–Kier alpha value is -3.66. The van der Waals surface area contributed by atoms with Crippen LogP contribution in [0.4, 0.5) is 11.6 Å². The van der Waals surface area contributed by atoms with Gasteiger partial charge in [0.05, 0.1) is 29.8 Å². The van der Waals surface area contributed by atoms with Gasteiger partial charge >= 0.3 is 0 Å². The smallest absolute Gasteiger partial charge is 0.272 e. The Morgan fingerprint density at radius 3 is 2.68 bits per heavy atom. The maximum Gasteiger partial charge on any atom is 0.272 e. The molecule has 2 atom stereocenters. The second-order valence-electron chi connectivity index (χ2n) is 9.78. The molecule has 0 bridgehead atoms. The summed E-state index contributed by atoms with van der Waals surface area (Å²) in [4.78, 5) is 26.3. The molecule has 0 spiro atoms. The molecule has 1 amide bonds. The second-order valence-corrected chi connectivity index (χ2v) is 10.2. The van der Waals surface area contributed by atoms with Gasteiger partial charge in [-0.2, -0.15) is 0 Å². The van der Waals surface area contributed by atoms with Crippen LogP contribution >= 0.6 is 11.6 Å². The van der Waals surface area contributed by atoms with Crippen molar-refractivity contribution in [3.8, 4) is 11.5 Å². The van der Waals surface area contributed by atoms with E-state index in [4.69, 9.17) is 26.1 Å². The van der Waals surface area contributed by atoms with E-state index in [9.17, 15) is 4.79 Å². The normalized spacial score (nSPS) is 17.7. The minimum Gasteiger partial charge on any atom is -0.457 e. The van der Waals surface area contributed by atoms with Crippen LogP contribution in [-0.2, 0) is 11.8 Å². The number of imidazole rings is 1. The molecule has 38 heavy (non-hydrogen) atoms. The molecule has 5 rings (SSSR count). The van der Waals surface area contributed by atoms with E-state index in [1.165, 1.54) is 0 Å². The average molecular weight is 535 g/mol. The number of benzene rings is 2. The Morgan fingerprint density at radius 2 is 1.92 bits per heavy atom. The lowest BCUT2D eigenvalue weighted by atomic mass is 10.1. The number of carbonyl (C=O) groups excluding carboxylic acids is 1. The molecule has 4 aromatic rings. The zero-order valence-corrected chi connectivity index (χ0v) is 22.6. The summed E-state index contributed by atoms with van der Waals surface area (Å²) in [6, 6.07) is 16.6. The van der Waals surface area contributed by atoms with Crippen LogP contribution in [0.1, 0.15) is 17.4 Å². The van der Waals surface area contributed by atoms with Crippen molar-refractivity contribution in [2.45, 2.75) is 19.1 Å². The average Bonchev–Trinajstić information content (AvgIpc) is 3.20. The summed E-state index contributed by atoms with van der Waals surface area (Å²) < 4.78 is 14.0. The van der Waals surface area contributed by atoms with Crippen molar-refractivity contribution in [2.75, 3.05) is 39.1 Å². The summed E-state index contributed by atoms with van der Waals surface area (Å²) in [5.41, 5.74) is 2.96. The first kappa shape index (κ1) is 26.0. The van der Waals surface area contributed by atoms with Gasteiger partial charge in [0.1, 0.15) is 17.2 Å².